The van der Waals surface area contributed by atoms with E-state index in [1.807, 2.05) is 18.2 Å². The standard InChI is InChI=1S/C20H19ClFN5O2/c1-20(11-28,13-5-6-14(21)15(22)9-13)26-19-24-16-4-2-3-12(18(16)25-19)10-23-17-7-8-29-27-17/h2-9,28H,10-11H2,1H3,(H,23,27)(H2,24,25,26). The highest BCUT2D eigenvalue weighted by molar-refractivity contribution is 6.30. The van der Waals surface area contributed by atoms with Crippen LogP contribution in [0.5, 0.6) is 0 Å². The summed E-state index contributed by atoms with van der Waals surface area (Å²) in [7, 11) is 0. The fraction of sp³-hybridized carbons (Fsp3) is 0.200. The Hall–Kier alpha value is -3.10. The second-order valence-electron chi connectivity index (χ2n) is 6.88. The van der Waals surface area contributed by atoms with Crippen LogP contribution in [0.2, 0.25) is 5.02 Å². The number of fused-ring (bicyclic) bond motifs is 1. The average molecular weight is 416 g/mol. The number of imidazole rings is 1. The van der Waals surface area contributed by atoms with Crippen LogP contribution in [0.4, 0.5) is 16.2 Å². The highest BCUT2D eigenvalue weighted by Gasteiger charge is 2.28. The van der Waals surface area contributed by atoms with Gasteiger partial charge in [0.15, 0.2) is 5.82 Å². The Balaban J connectivity index is 1.61. The summed E-state index contributed by atoms with van der Waals surface area (Å²) in [6.45, 7) is 2.00. The molecule has 4 aromatic rings. The van der Waals surface area contributed by atoms with Crippen molar-refractivity contribution in [2.45, 2.75) is 19.0 Å². The Morgan fingerprint density at radius 3 is 2.86 bits per heavy atom. The average Bonchev–Trinajstić information content (AvgIpc) is 3.37. The van der Waals surface area contributed by atoms with Crippen molar-refractivity contribution in [3.05, 3.63) is 70.7 Å². The first-order chi connectivity index (χ1) is 14.0. The Morgan fingerprint density at radius 2 is 2.14 bits per heavy atom. The van der Waals surface area contributed by atoms with E-state index in [4.69, 9.17) is 16.1 Å². The summed E-state index contributed by atoms with van der Waals surface area (Å²) in [6.07, 6.45) is 1.49. The Morgan fingerprint density at radius 1 is 1.28 bits per heavy atom. The minimum Gasteiger partial charge on any atom is -0.394 e. The fourth-order valence-electron chi connectivity index (χ4n) is 3.09. The molecule has 0 saturated carbocycles. The number of aromatic amines is 1. The zero-order valence-electron chi connectivity index (χ0n) is 15.5. The van der Waals surface area contributed by atoms with Crippen LogP contribution in [0.15, 0.2) is 53.3 Å². The van der Waals surface area contributed by atoms with Gasteiger partial charge in [-0.2, -0.15) is 0 Å². The van der Waals surface area contributed by atoms with Crippen molar-refractivity contribution in [3.63, 3.8) is 0 Å². The van der Waals surface area contributed by atoms with Crippen LogP contribution in [0.25, 0.3) is 11.0 Å². The molecule has 2 heterocycles. The normalized spacial score (nSPS) is 13.4. The van der Waals surface area contributed by atoms with Gasteiger partial charge in [-0.05, 0) is 36.2 Å². The molecule has 0 saturated heterocycles. The van der Waals surface area contributed by atoms with E-state index in [1.54, 1.807) is 19.1 Å². The molecule has 1 unspecified atom stereocenters. The maximum atomic E-state index is 13.9. The first-order valence-electron chi connectivity index (χ1n) is 8.95. The lowest BCUT2D eigenvalue weighted by atomic mass is 9.93. The molecule has 0 aliphatic rings. The number of anilines is 2. The molecular weight excluding hydrogens is 397 g/mol. The van der Waals surface area contributed by atoms with Gasteiger partial charge in [-0.15, -0.1) is 0 Å². The van der Waals surface area contributed by atoms with E-state index in [2.05, 4.69) is 25.8 Å². The van der Waals surface area contributed by atoms with Gasteiger partial charge in [0.2, 0.25) is 5.95 Å². The summed E-state index contributed by atoms with van der Waals surface area (Å²) in [4.78, 5) is 7.83. The lowest BCUT2D eigenvalue weighted by Crippen LogP contribution is -2.36. The number of nitrogens with zero attached hydrogens (tertiary/aromatic N) is 2. The molecule has 7 nitrogen and oxygen atoms in total. The Bertz CT molecular complexity index is 1130. The molecule has 0 bridgehead atoms. The van der Waals surface area contributed by atoms with Crippen LogP contribution in [0, 0.1) is 5.82 Å². The summed E-state index contributed by atoms with van der Waals surface area (Å²) in [6, 6.07) is 12.0. The maximum absolute atomic E-state index is 13.9. The van der Waals surface area contributed by atoms with Gasteiger partial charge < -0.3 is 25.2 Å². The quantitative estimate of drug-likeness (QED) is 0.359. The predicted octanol–water partition coefficient (Wildman–Crippen LogP) is 4.28. The van der Waals surface area contributed by atoms with Crippen molar-refractivity contribution >= 4 is 34.4 Å². The largest absolute Gasteiger partial charge is 0.394 e. The number of nitrogens with one attached hydrogen (secondary N) is 3. The third kappa shape index (κ3) is 3.90. The van der Waals surface area contributed by atoms with Crippen LogP contribution in [-0.4, -0.2) is 26.8 Å². The second-order valence-corrected chi connectivity index (χ2v) is 7.29. The number of aliphatic hydroxyl groups is 1. The molecule has 29 heavy (non-hydrogen) atoms. The minimum atomic E-state index is -0.960. The SMILES string of the molecule is CC(CO)(Nc1nc2c(CNc3ccon3)cccc2[nH]1)c1ccc(Cl)c(F)c1. The van der Waals surface area contributed by atoms with Crippen LogP contribution < -0.4 is 10.6 Å². The van der Waals surface area contributed by atoms with E-state index in [0.717, 1.165) is 16.6 Å². The molecule has 0 aliphatic carbocycles. The lowest BCUT2D eigenvalue weighted by Gasteiger charge is -2.29. The molecule has 0 amide bonds. The predicted molar refractivity (Wildman–Crippen MR) is 109 cm³/mol. The number of aliphatic hydroxyl groups excluding tert-OH is 1. The third-order valence-corrected chi connectivity index (χ3v) is 5.07. The second kappa shape index (κ2) is 7.73. The number of benzene rings is 2. The topological polar surface area (TPSA) is 99.0 Å². The number of rotatable bonds is 7. The first-order valence-corrected chi connectivity index (χ1v) is 9.33. The van der Waals surface area contributed by atoms with Crippen LogP contribution >= 0.6 is 11.6 Å². The first kappa shape index (κ1) is 19.2. The van der Waals surface area contributed by atoms with Crippen molar-refractivity contribution in [2.75, 3.05) is 17.2 Å². The Labute approximate surface area is 170 Å². The summed E-state index contributed by atoms with van der Waals surface area (Å²) in [5, 5.41) is 20.2. The van der Waals surface area contributed by atoms with Gasteiger partial charge in [-0.25, -0.2) is 9.37 Å². The van der Waals surface area contributed by atoms with Crippen LogP contribution in [0.1, 0.15) is 18.1 Å². The molecule has 150 valence electrons. The summed E-state index contributed by atoms with van der Waals surface area (Å²) in [5.74, 6) is 0.547. The molecule has 2 aromatic heterocycles. The highest BCUT2D eigenvalue weighted by atomic mass is 35.5. The van der Waals surface area contributed by atoms with E-state index in [1.165, 1.54) is 18.4 Å². The van der Waals surface area contributed by atoms with Crippen molar-refractivity contribution < 1.29 is 14.0 Å². The number of aromatic nitrogens is 3. The van der Waals surface area contributed by atoms with Gasteiger partial charge >= 0.3 is 0 Å². The molecule has 4 N–H and O–H groups in total. The van der Waals surface area contributed by atoms with Gasteiger partial charge in [0.05, 0.1) is 28.2 Å². The van der Waals surface area contributed by atoms with Crippen molar-refractivity contribution in [1.82, 2.24) is 15.1 Å². The van der Waals surface area contributed by atoms with E-state index < -0.39 is 11.4 Å². The number of H-pyrrole nitrogens is 1. The van der Waals surface area contributed by atoms with Crippen molar-refractivity contribution in [3.8, 4) is 0 Å². The smallest absolute Gasteiger partial charge is 0.201 e. The molecule has 4 rings (SSSR count). The van der Waals surface area contributed by atoms with Crippen molar-refractivity contribution in [2.24, 2.45) is 0 Å². The third-order valence-electron chi connectivity index (χ3n) is 4.76. The van der Waals surface area contributed by atoms with E-state index >= 15 is 0 Å². The molecule has 9 heteroatoms. The fourth-order valence-corrected chi connectivity index (χ4v) is 3.20. The van der Waals surface area contributed by atoms with Gasteiger partial charge in [-0.3, -0.25) is 0 Å². The maximum Gasteiger partial charge on any atom is 0.201 e. The van der Waals surface area contributed by atoms with Crippen LogP contribution in [-0.2, 0) is 12.1 Å². The lowest BCUT2D eigenvalue weighted by molar-refractivity contribution is 0.223. The van der Waals surface area contributed by atoms with Gasteiger partial charge in [-0.1, -0.05) is 35.0 Å². The van der Waals surface area contributed by atoms with Gasteiger partial charge in [0.25, 0.3) is 0 Å². The monoisotopic (exact) mass is 415 g/mol. The minimum absolute atomic E-state index is 0.0297. The molecule has 2 aromatic carbocycles. The van der Waals surface area contributed by atoms with Gasteiger partial charge in [0, 0.05) is 12.6 Å². The Kier molecular flexibility index (Phi) is 5.12. The molecule has 0 aliphatic heterocycles. The summed E-state index contributed by atoms with van der Waals surface area (Å²) in [5.41, 5.74) is 2.15. The summed E-state index contributed by atoms with van der Waals surface area (Å²) >= 11 is 5.78. The number of halogens is 2. The van der Waals surface area contributed by atoms with Crippen LogP contribution in [0.3, 0.4) is 0 Å². The molecule has 0 fully saturated rings. The number of hydrogen-bond donors (Lipinski definition) is 4. The highest BCUT2D eigenvalue weighted by Crippen LogP contribution is 2.29. The van der Waals surface area contributed by atoms with E-state index in [9.17, 15) is 9.50 Å². The molecule has 1 atom stereocenters. The molecular formula is C20H19ClFN5O2. The number of hydrogen-bond acceptors (Lipinski definition) is 6. The van der Waals surface area contributed by atoms with Crippen molar-refractivity contribution in [1.29, 1.82) is 0 Å². The molecule has 0 radical (unpaired) electrons. The zero-order chi connectivity index (χ0) is 20.4. The summed E-state index contributed by atoms with van der Waals surface area (Å²) < 4.78 is 18.7. The van der Waals surface area contributed by atoms with E-state index in [-0.39, 0.29) is 11.6 Å². The number of para-hydroxylation sites is 1. The zero-order valence-corrected chi connectivity index (χ0v) is 16.3. The van der Waals surface area contributed by atoms with Gasteiger partial charge in [0.1, 0.15) is 12.1 Å². The molecule has 0 spiro atoms. The van der Waals surface area contributed by atoms with E-state index in [0.29, 0.717) is 23.9 Å².